The number of aromatic nitrogens is 2. The van der Waals surface area contributed by atoms with E-state index < -0.39 is 10.0 Å². The highest BCUT2D eigenvalue weighted by Crippen LogP contribution is 2.33. The van der Waals surface area contributed by atoms with Crippen LogP contribution in [0.1, 0.15) is 61.1 Å². The largest absolute Gasteiger partial charge is 0.495 e. The third-order valence-corrected chi connectivity index (χ3v) is 9.28. The van der Waals surface area contributed by atoms with Gasteiger partial charge in [0.05, 0.1) is 18.1 Å². The SMILES string of the molecule is COc1ccc(C(=O)N2CCC[C@@H](c3nc4ccccc4[nH]3)C2)cc1S(=O)(=O)N1CCCC[C@H]1C. The van der Waals surface area contributed by atoms with Crippen molar-refractivity contribution < 1.29 is 17.9 Å². The van der Waals surface area contributed by atoms with E-state index in [4.69, 9.17) is 9.72 Å². The molecule has 0 saturated carbocycles. The first-order chi connectivity index (χ1) is 16.9. The predicted octanol–water partition coefficient (Wildman–Crippen LogP) is 4.15. The number of H-pyrrole nitrogens is 1. The molecule has 0 bridgehead atoms. The Morgan fingerprint density at radius 1 is 1.09 bits per heavy atom. The minimum absolute atomic E-state index is 0.0606. The molecule has 1 amide bonds. The van der Waals surface area contributed by atoms with Crippen molar-refractivity contribution in [3.8, 4) is 5.75 Å². The number of hydrogen-bond acceptors (Lipinski definition) is 5. The monoisotopic (exact) mass is 496 g/mol. The molecule has 0 radical (unpaired) electrons. The lowest BCUT2D eigenvalue weighted by Gasteiger charge is -2.33. The molecule has 0 spiro atoms. The predicted molar refractivity (Wildman–Crippen MR) is 134 cm³/mol. The summed E-state index contributed by atoms with van der Waals surface area (Å²) in [6.07, 6.45) is 4.49. The zero-order valence-corrected chi connectivity index (χ0v) is 21.1. The number of amides is 1. The molecule has 35 heavy (non-hydrogen) atoms. The number of rotatable bonds is 5. The van der Waals surface area contributed by atoms with Crippen LogP contribution in [-0.4, -0.2) is 66.3 Å². The number of carbonyl (C=O) groups is 1. The molecule has 3 aromatic rings. The van der Waals surface area contributed by atoms with Crippen LogP contribution < -0.4 is 4.74 Å². The van der Waals surface area contributed by atoms with Gasteiger partial charge in [0, 0.05) is 37.2 Å². The molecular formula is C26H32N4O4S. The number of ether oxygens (including phenoxy) is 1. The Bertz CT molecular complexity index is 1300. The van der Waals surface area contributed by atoms with Gasteiger partial charge < -0.3 is 14.6 Å². The number of nitrogens with one attached hydrogen (secondary N) is 1. The fraction of sp³-hybridized carbons (Fsp3) is 0.462. The van der Waals surface area contributed by atoms with Crippen molar-refractivity contribution in [1.29, 1.82) is 0 Å². The van der Waals surface area contributed by atoms with Gasteiger partial charge in [-0.15, -0.1) is 0 Å². The van der Waals surface area contributed by atoms with Crippen LogP contribution in [0, 0.1) is 0 Å². The summed E-state index contributed by atoms with van der Waals surface area (Å²) in [6, 6.07) is 12.6. The van der Waals surface area contributed by atoms with Crippen LogP contribution in [0.5, 0.6) is 5.75 Å². The van der Waals surface area contributed by atoms with Crippen molar-refractivity contribution in [2.75, 3.05) is 26.7 Å². The maximum absolute atomic E-state index is 13.6. The average molecular weight is 497 g/mol. The van der Waals surface area contributed by atoms with Gasteiger partial charge in [0.2, 0.25) is 10.0 Å². The van der Waals surface area contributed by atoms with Gasteiger partial charge in [0.1, 0.15) is 16.5 Å². The van der Waals surface area contributed by atoms with Gasteiger partial charge in [-0.1, -0.05) is 18.6 Å². The summed E-state index contributed by atoms with van der Waals surface area (Å²) in [6.45, 7) is 3.59. The first-order valence-electron chi connectivity index (χ1n) is 12.3. The third kappa shape index (κ3) is 4.54. The Balaban J connectivity index is 1.41. The molecule has 186 valence electrons. The van der Waals surface area contributed by atoms with Crippen LogP contribution in [0.3, 0.4) is 0 Å². The van der Waals surface area contributed by atoms with E-state index in [-0.39, 0.29) is 28.5 Å². The van der Waals surface area contributed by atoms with Crippen LogP contribution in [0.25, 0.3) is 11.0 Å². The fourth-order valence-corrected chi connectivity index (χ4v) is 7.18. The number of hydrogen-bond donors (Lipinski definition) is 1. The Hall–Kier alpha value is -2.91. The minimum Gasteiger partial charge on any atom is -0.495 e. The molecule has 2 aromatic carbocycles. The molecule has 9 heteroatoms. The zero-order valence-electron chi connectivity index (χ0n) is 20.2. The van der Waals surface area contributed by atoms with E-state index in [0.717, 1.165) is 49.0 Å². The molecule has 3 heterocycles. The Morgan fingerprint density at radius 3 is 2.69 bits per heavy atom. The van der Waals surface area contributed by atoms with Crippen LogP contribution in [-0.2, 0) is 10.0 Å². The molecule has 1 aromatic heterocycles. The van der Waals surface area contributed by atoms with Gasteiger partial charge >= 0.3 is 0 Å². The maximum Gasteiger partial charge on any atom is 0.253 e. The van der Waals surface area contributed by atoms with Gasteiger partial charge in [-0.2, -0.15) is 4.31 Å². The number of imidazole rings is 1. The molecule has 0 unspecified atom stereocenters. The summed E-state index contributed by atoms with van der Waals surface area (Å²) in [5.74, 6) is 1.09. The van der Waals surface area contributed by atoms with Crippen molar-refractivity contribution in [3.05, 3.63) is 53.9 Å². The van der Waals surface area contributed by atoms with Crippen molar-refractivity contribution in [2.24, 2.45) is 0 Å². The number of sulfonamides is 1. The van der Waals surface area contributed by atoms with Gasteiger partial charge in [-0.25, -0.2) is 13.4 Å². The lowest BCUT2D eigenvalue weighted by Crippen LogP contribution is -2.42. The van der Waals surface area contributed by atoms with E-state index in [2.05, 4.69) is 4.98 Å². The summed E-state index contributed by atoms with van der Waals surface area (Å²) >= 11 is 0. The molecule has 2 saturated heterocycles. The van der Waals surface area contributed by atoms with Gasteiger partial charge in [0.25, 0.3) is 5.91 Å². The zero-order chi connectivity index (χ0) is 24.6. The molecule has 2 atom stereocenters. The summed E-state index contributed by atoms with van der Waals surface area (Å²) in [5, 5.41) is 0. The van der Waals surface area contributed by atoms with E-state index in [1.54, 1.807) is 16.4 Å². The first-order valence-corrected chi connectivity index (χ1v) is 13.8. The molecular weight excluding hydrogens is 464 g/mol. The molecule has 8 nitrogen and oxygen atoms in total. The number of carbonyl (C=O) groups excluding carboxylic acids is 1. The summed E-state index contributed by atoms with van der Waals surface area (Å²) in [7, 11) is -2.33. The van der Waals surface area contributed by atoms with E-state index >= 15 is 0 Å². The molecule has 2 fully saturated rings. The van der Waals surface area contributed by atoms with Gasteiger partial charge in [-0.3, -0.25) is 4.79 Å². The highest BCUT2D eigenvalue weighted by molar-refractivity contribution is 7.89. The third-order valence-electron chi connectivity index (χ3n) is 7.24. The van der Waals surface area contributed by atoms with Crippen LogP contribution in [0.15, 0.2) is 47.4 Å². The second-order valence-corrected chi connectivity index (χ2v) is 11.4. The van der Waals surface area contributed by atoms with E-state index in [1.165, 1.54) is 13.2 Å². The Labute approximate surface area is 206 Å². The van der Waals surface area contributed by atoms with E-state index in [1.807, 2.05) is 36.1 Å². The van der Waals surface area contributed by atoms with Crippen molar-refractivity contribution in [2.45, 2.75) is 55.9 Å². The fourth-order valence-electron chi connectivity index (χ4n) is 5.30. The first kappa shape index (κ1) is 23.8. The number of para-hydroxylation sites is 2. The highest BCUT2D eigenvalue weighted by atomic mass is 32.2. The minimum atomic E-state index is -3.79. The molecule has 2 aliphatic rings. The van der Waals surface area contributed by atoms with Crippen molar-refractivity contribution in [3.63, 3.8) is 0 Å². The standard InChI is InChI=1S/C26H32N4O4S/c1-18-8-5-6-15-30(18)35(32,33)24-16-19(12-13-23(24)34-2)26(31)29-14-7-9-20(17-29)25-27-21-10-3-4-11-22(21)28-25/h3-4,10-13,16,18,20H,5-9,14-15,17H2,1-2H3,(H,27,28)/t18-,20-/m1/s1. The highest BCUT2D eigenvalue weighted by Gasteiger charge is 2.34. The van der Waals surface area contributed by atoms with E-state index in [9.17, 15) is 13.2 Å². The number of likely N-dealkylation sites (tertiary alicyclic amines) is 1. The van der Waals surface area contributed by atoms with Crippen molar-refractivity contribution >= 4 is 27.0 Å². The number of aromatic amines is 1. The quantitative estimate of drug-likeness (QED) is 0.572. The van der Waals surface area contributed by atoms with Crippen LogP contribution >= 0.6 is 0 Å². The van der Waals surface area contributed by atoms with Crippen LogP contribution in [0.2, 0.25) is 0 Å². The number of piperidine rings is 2. The number of fused-ring (bicyclic) bond motifs is 1. The topological polar surface area (TPSA) is 95.6 Å². The molecule has 0 aliphatic carbocycles. The lowest BCUT2D eigenvalue weighted by atomic mass is 9.96. The molecule has 2 aliphatic heterocycles. The number of methoxy groups -OCH3 is 1. The average Bonchev–Trinajstić information content (AvgIpc) is 3.32. The van der Waals surface area contributed by atoms with Gasteiger partial charge in [0.15, 0.2) is 0 Å². The van der Waals surface area contributed by atoms with Crippen molar-refractivity contribution in [1.82, 2.24) is 19.2 Å². The molecule has 1 N–H and O–H groups in total. The Kier molecular flexibility index (Phi) is 6.55. The summed E-state index contributed by atoms with van der Waals surface area (Å²) in [4.78, 5) is 23.5. The Morgan fingerprint density at radius 2 is 1.91 bits per heavy atom. The number of benzene rings is 2. The summed E-state index contributed by atoms with van der Waals surface area (Å²) < 4.78 is 34.1. The maximum atomic E-state index is 13.6. The lowest BCUT2D eigenvalue weighted by molar-refractivity contribution is 0.0704. The second-order valence-electron chi connectivity index (χ2n) is 9.56. The second kappa shape index (κ2) is 9.62. The smallest absolute Gasteiger partial charge is 0.253 e. The normalized spacial score (nSPS) is 21.8. The van der Waals surface area contributed by atoms with Gasteiger partial charge in [-0.05, 0) is 62.9 Å². The summed E-state index contributed by atoms with van der Waals surface area (Å²) in [5.41, 5.74) is 2.27. The number of nitrogens with zero attached hydrogens (tertiary/aromatic N) is 3. The van der Waals surface area contributed by atoms with E-state index in [0.29, 0.717) is 25.2 Å². The van der Waals surface area contributed by atoms with Crippen LogP contribution in [0.4, 0.5) is 0 Å². The molecule has 5 rings (SSSR count).